The number of hydrogen-bond donors (Lipinski definition) is 0. The third-order valence-electron chi connectivity index (χ3n) is 3.66. The van der Waals surface area contributed by atoms with Gasteiger partial charge in [-0.15, -0.1) is 0 Å². The Hall–Kier alpha value is -2.65. The van der Waals surface area contributed by atoms with E-state index in [1.165, 1.54) is 0 Å². The molecule has 0 unspecified atom stereocenters. The zero-order valence-corrected chi connectivity index (χ0v) is 13.4. The third kappa shape index (κ3) is 3.25. The van der Waals surface area contributed by atoms with Crippen molar-refractivity contribution in [2.45, 2.75) is 11.5 Å². The lowest BCUT2D eigenvalue weighted by atomic mass is 10.0. The van der Waals surface area contributed by atoms with Crippen LogP contribution in [0.15, 0.2) is 48.8 Å². The van der Waals surface area contributed by atoms with Gasteiger partial charge in [0.1, 0.15) is 0 Å². The van der Waals surface area contributed by atoms with E-state index in [2.05, 4.69) is 11.2 Å². The smallest absolute Gasteiger partial charge is 0.158 e. The third-order valence-corrected chi connectivity index (χ3v) is 5.18. The lowest BCUT2D eigenvalue weighted by molar-refractivity contribution is 0.594. The highest BCUT2D eigenvalue weighted by atomic mass is 32.2. The Labute approximate surface area is 134 Å². The van der Waals surface area contributed by atoms with Gasteiger partial charge in [0.15, 0.2) is 9.84 Å². The fraction of sp³-hybridized carbons (Fsp3) is 0.176. The summed E-state index contributed by atoms with van der Waals surface area (Å²) in [4.78, 5) is 0. The minimum Gasteiger partial charge on any atom is -0.276 e. The summed E-state index contributed by atoms with van der Waals surface area (Å²) in [5.74, 6) is -0.108. The highest BCUT2D eigenvalue weighted by molar-refractivity contribution is 7.89. The highest BCUT2D eigenvalue weighted by Gasteiger charge is 2.16. The zero-order valence-electron chi connectivity index (χ0n) is 12.6. The summed E-state index contributed by atoms with van der Waals surface area (Å²) in [6.45, 7) is 0. The van der Waals surface area contributed by atoms with Gasteiger partial charge in [0.2, 0.25) is 0 Å². The van der Waals surface area contributed by atoms with Gasteiger partial charge in [-0.25, -0.2) is 8.42 Å². The molecule has 5 nitrogen and oxygen atoms in total. The molecule has 0 aliphatic heterocycles. The van der Waals surface area contributed by atoms with Crippen LogP contribution in [0.3, 0.4) is 0 Å². The van der Waals surface area contributed by atoms with Gasteiger partial charge >= 0.3 is 0 Å². The van der Waals surface area contributed by atoms with Crippen molar-refractivity contribution in [3.8, 4) is 6.07 Å². The number of benzene rings is 2. The predicted molar refractivity (Wildman–Crippen MR) is 88.2 cm³/mol. The topological polar surface area (TPSA) is 75.8 Å². The molecular formula is C17H15N3O2S. The van der Waals surface area contributed by atoms with Crippen LogP contribution in [0.2, 0.25) is 0 Å². The number of nitriles is 1. The summed E-state index contributed by atoms with van der Waals surface area (Å²) in [5.41, 5.74) is 1.93. The Bertz CT molecular complexity index is 1010. The molecule has 23 heavy (non-hydrogen) atoms. The fourth-order valence-electron chi connectivity index (χ4n) is 2.67. The molecule has 0 aliphatic carbocycles. The molecule has 3 rings (SSSR count). The van der Waals surface area contributed by atoms with Gasteiger partial charge in [0, 0.05) is 18.8 Å². The average molecular weight is 325 g/mol. The molecule has 0 saturated heterocycles. The molecular weight excluding hydrogens is 310 g/mol. The molecule has 0 atom stereocenters. The van der Waals surface area contributed by atoms with E-state index in [4.69, 9.17) is 0 Å². The van der Waals surface area contributed by atoms with Crippen molar-refractivity contribution >= 4 is 20.6 Å². The van der Waals surface area contributed by atoms with E-state index >= 15 is 0 Å². The van der Waals surface area contributed by atoms with E-state index in [1.807, 2.05) is 24.3 Å². The first-order chi connectivity index (χ1) is 11.0. The van der Waals surface area contributed by atoms with Gasteiger partial charge < -0.3 is 0 Å². The van der Waals surface area contributed by atoms with Crippen LogP contribution < -0.4 is 0 Å². The summed E-state index contributed by atoms with van der Waals surface area (Å²) < 4.78 is 26.5. The van der Waals surface area contributed by atoms with E-state index in [0.29, 0.717) is 16.7 Å². The molecule has 0 fully saturated rings. The van der Waals surface area contributed by atoms with Crippen LogP contribution in [0.4, 0.5) is 0 Å². The monoisotopic (exact) mass is 325 g/mol. The number of aromatic nitrogens is 2. The highest BCUT2D eigenvalue weighted by Crippen LogP contribution is 2.24. The SMILES string of the molecule is Cn1cc(CS(=O)(=O)Cc2ccc(C#N)c3ccccc23)cn1. The number of hydrogen-bond acceptors (Lipinski definition) is 4. The minimum atomic E-state index is -3.32. The van der Waals surface area contributed by atoms with Crippen molar-refractivity contribution in [2.24, 2.45) is 7.05 Å². The summed E-state index contributed by atoms with van der Waals surface area (Å²) in [6.07, 6.45) is 3.27. The molecule has 0 amide bonds. The van der Waals surface area contributed by atoms with Crippen molar-refractivity contribution < 1.29 is 8.42 Å². The summed E-state index contributed by atoms with van der Waals surface area (Å²) in [6, 6.07) is 12.9. The van der Waals surface area contributed by atoms with Gasteiger partial charge in [-0.1, -0.05) is 30.3 Å². The normalized spacial score (nSPS) is 11.5. The van der Waals surface area contributed by atoms with Crippen molar-refractivity contribution in [1.29, 1.82) is 5.26 Å². The minimum absolute atomic E-state index is 0.0465. The molecule has 1 aromatic heterocycles. The molecule has 1 heterocycles. The standard InChI is InChI=1S/C17H15N3O2S/c1-20-10-13(9-19-20)11-23(21,22)12-15-7-6-14(8-18)16-4-2-3-5-17(15)16/h2-7,9-10H,11-12H2,1H3. The van der Waals surface area contributed by atoms with Crippen molar-refractivity contribution in [3.05, 3.63) is 65.5 Å². The number of fused-ring (bicyclic) bond motifs is 1. The van der Waals surface area contributed by atoms with Gasteiger partial charge in [-0.3, -0.25) is 4.68 Å². The first kappa shape index (κ1) is 15.3. The average Bonchev–Trinajstić information content (AvgIpc) is 2.91. The van der Waals surface area contributed by atoms with Crippen LogP contribution in [-0.2, 0) is 28.4 Å². The second kappa shape index (κ2) is 5.86. The van der Waals surface area contributed by atoms with Crippen LogP contribution in [-0.4, -0.2) is 18.2 Å². The summed E-state index contributed by atoms with van der Waals surface area (Å²) in [7, 11) is -1.57. The molecule has 0 aliphatic rings. The Balaban J connectivity index is 1.97. The quantitative estimate of drug-likeness (QED) is 0.739. The van der Waals surface area contributed by atoms with Crippen LogP contribution in [0.1, 0.15) is 16.7 Å². The molecule has 2 aromatic carbocycles. The second-order valence-electron chi connectivity index (χ2n) is 5.48. The summed E-state index contributed by atoms with van der Waals surface area (Å²) in [5, 5.41) is 14.8. The molecule has 116 valence electrons. The number of aryl methyl sites for hydroxylation is 1. The van der Waals surface area contributed by atoms with E-state index in [1.54, 1.807) is 36.3 Å². The maximum Gasteiger partial charge on any atom is 0.158 e. The Morgan fingerprint density at radius 2 is 1.87 bits per heavy atom. The van der Waals surface area contributed by atoms with Crippen molar-refractivity contribution in [3.63, 3.8) is 0 Å². The summed E-state index contributed by atoms with van der Waals surface area (Å²) >= 11 is 0. The van der Waals surface area contributed by atoms with Crippen LogP contribution in [0.5, 0.6) is 0 Å². The number of nitrogens with zero attached hydrogens (tertiary/aromatic N) is 3. The lowest BCUT2D eigenvalue weighted by Gasteiger charge is -2.08. The maximum atomic E-state index is 12.5. The first-order valence-corrected chi connectivity index (χ1v) is 8.89. The number of sulfone groups is 1. The zero-order chi connectivity index (χ0) is 16.4. The van der Waals surface area contributed by atoms with Gasteiger partial charge in [0.25, 0.3) is 0 Å². The molecule has 0 radical (unpaired) electrons. The fourth-order valence-corrected chi connectivity index (χ4v) is 4.16. The Kier molecular flexibility index (Phi) is 3.89. The van der Waals surface area contributed by atoms with Crippen molar-refractivity contribution in [2.75, 3.05) is 0 Å². The van der Waals surface area contributed by atoms with Crippen LogP contribution in [0, 0.1) is 11.3 Å². The van der Waals surface area contributed by atoms with Crippen LogP contribution in [0.25, 0.3) is 10.8 Å². The molecule has 0 bridgehead atoms. The van der Waals surface area contributed by atoms with Gasteiger partial charge in [-0.2, -0.15) is 10.4 Å². The van der Waals surface area contributed by atoms with E-state index in [9.17, 15) is 13.7 Å². The first-order valence-electron chi connectivity index (χ1n) is 7.07. The number of rotatable bonds is 4. The predicted octanol–water partition coefficient (Wildman–Crippen LogP) is 2.56. The lowest BCUT2D eigenvalue weighted by Crippen LogP contribution is -2.08. The van der Waals surface area contributed by atoms with E-state index < -0.39 is 9.84 Å². The largest absolute Gasteiger partial charge is 0.276 e. The molecule has 0 saturated carbocycles. The molecule has 0 spiro atoms. The maximum absolute atomic E-state index is 12.5. The van der Waals surface area contributed by atoms with E-state index in [0.717, 1.165) is 10.8 Å². The van der Waals surface area contributed by atoms with Crippen molar-refractivity contribution in [1.82, 2.24) is 9.78 Å². The molecule has 0 N–H and O–H groups in total. The Morgan fingerprint density at radius 3 is 2.52 bits per heavy atom. The van der Waals surface area contributed by atoms with Crippen LogP contribution >= 0.6 is 0 Å². The van der Waals surface area contributed by atoms with E-state index in [-0.39, 0.29) is 11.5 Å². The Morgan fingerprint density at radius 1 is 1.13 bits per heavy atom. The molecule has 3 aromatic rings. The second-order valence-corrected chi connectivity index (χ2v) is 7.55. The van der Waals surface area contributed by atoms with Gasteiger partial charge in [0.05, 0.1) is 29.3 Å². The van der Waals surface area contributed by atoms with Gasteiger partial charge in [-0.05, 0) is 22.4 Å². The molecule has 6 heteroatoms.